The van der Waals surface area contributed by atoms with Crippen LogP contribution in [0.25, 0.3) is 0 Å². The lowest BCUT2D eigenvalue weighted by molar-refractivity contribution is 0.0690. The number of amides is 1. The molecule has 1 amide bonds. The van der Waals surface area contributed by atoms with Gasteiger partial charge in [-0.25, -0.2) is 4.79 Å². The second-order valence-electron chi connectivity index (χ2n) is 3.88. The van der Waals surface area contributed by atoms with Gasteiger partial charge in [0.25, 0.3) is 5.91 Å². The summed E-state index contributed by atoms with van der Waals surface area (Å²) in [6.45, 7) is 6.61. The van der Waals surface area contributed by atoms with Crippen LogP contribution < -0.4 is 5.32 Å². The van der Waals surface area contributed by atoms with Crippen molar-refractivity contribution in [2.45, 2.75) is 20.8 Å². The van der Waals surface area contributed by atoms with Crippen molar-refractivity contribution < 1.29 is 19.4 Å². The summed E-state index contributed by atoms with van der Waals surface area (Å²) >= 11 is 0. The number of hydrogen-bond acceptors (Lipinski definition) is 3. The molecule has 0 aliphatic heterocycles. The van der Waals surface area contributed by atoms with Gasteiger partial charge < -0.3 is 20.1 Å². The molecular weight excluding hydrogens is 236 g/mol. The number of nitrogens with one attached hydrogen (secondary N) is 2. The molecule has 6 nitrogen and oxygen atoms in total. The van der Waals surface area contributed by atoms with Crippen LogP contribution in [0.15, 0.2) is 0 Å². The molecule has 100 valence electrons. The summed E-state index contributed by atoms with van der Waals surface area (Å²) in [7, 11) is 0. The molecule has 0 unspecified atom stereocenters. The number of carboxylic acids is 1. The average molecular weight is 254 g/mol. The zero-order valence-electron chi connectivity index (χ0n) is 10.8. The van der Waals surface area contributed by atoms with Gasteiger partial charge in [0.2, 0.25) is 0 Å². The lowest BCUT2D eigenvalue weighted by Gasteiger charge is -2.05. The van der Waals surface area contributed by atoms with Crippen LogP contribution in [-0.2, 0) is 4.74 Å². The molecule has 18 heavy (non-hydrogen) atoms. The van der Waals surface area contributed by atoms with Crippen LogP contribution >= 0.6 is 0 Å². The van der Waals surface area contributed by atoms with Gasteiger partial charge in [-0.3, -0.25) is 4.79 Å². The van der Waals surface area contributed by atoms with Crippen LogP contribution in [0.2, 0.25) is 0 Å². The standard InChI is InChI=1S/C12H18N2O4/c1-4-18-6-5-13-11(15)9-7(2)10(12(16)17)14-8(9)3/h14H,4-6H2,1-3H3,(H,13,15)(H,16,17). The number of aromatic amines is 1. The molecule has 3 N–H and O–H groups in total. The molecular formula is C12H18N2O4. The van der Waals surface area contributed by atoms with Gasteiger partial charge in [-0.2, -0.15) is 0 Å². The first-order valence-corrected chi connectivity index (χ1v) is 5.77. The first-order chi connectivity index (χ1) is 8.49. The quantitative estimate of drug-likeness (QED) is 0.663. The van der Waals surface area contributed by atoms with Crippen LogP contribution in [0.1, 0.15) is 39.0 Å². The minimum Gasteiger partial charge on any atom is -0.477 e. The molecule has 1 rings (SSSR count). The summed E-state index contributed by atoms with van der Waals surface area (Å²) in [5, 5.41) is 11.6. The molecule has 0 atom stereocenters. The van der Waals surface area contributed by atoms with Gasteiger partial charge in [-0.15, -0.1) is 0 Å². The molecule has 1 heterocycles. The maximum Gasteiger partial charge on any atom is 0.352 e. The first kappa shape index (κ1) is 14.2. The normalized spacial score (nSPS) is 10.4. The Bertz CT molecular complexity index is 451. The highest BCUT2D eigenvalue weighted by Crippen LogP contribution is 2.17. The summed E-state index contributed by atoms with van der Waals surface area (Å²) in [5.41, 5.74) is 1.46. The number of ether oxygens (including phenoxy) is 1. The van der Waals surface area contributed by atoms with E-state index in [-0.39, 0.29) is 11.6 Å². The summed E-state index contributed by atoms with van der Waals surface area (Å²) in [5.74, 6) is -1.35. The smallest absolute Gasteiger partial charge is 0.352 e. The molecule has 6 heteroatoms. The van der Waals surface area contributed by atoms with E-state index in [0.717, 1.165) is 0 Å². The Kier molecular flexibility index (Phi) is 4.91. The van der Waals surface area contributed by atoms with Gasteiger partial charge in [0.05, 0.1) is 12.2 Å². The van der Waals surface area contributed by atoms with E-state index in [1.165, 1.54) is 0 Å². The number of carbonyl (C=O) groups excluding carboxylic acids is 1. The fraction of sp³-hybridized carbons (Fsp3) is 0.500. The van der Waals surface area contributed by atoms with Crippen molar-refractivity contribution in [1.29, 1.82) is 0 Å². The van der Waals surface area contributed by atoms with Crippen molar-refractivity contribution in [1.82, 2.24) is 10.3 Å². The molecule has 0 saturated carbocycles. The minimum atomic E-state index is -1.07. The Labute approximate surface area is 105 Å². The van der Waals surface area contributed by atoms with Crippen molar-refractivity contribution in [2.75, 3.05) is 19.8 Å². The summed E-state index contributed by atoms with van der Waals surface area (Å²) in [6.07, 6.45) is 0. The van der Waals surface area contributed by atoms with E-state index in [1.54, 1.807) is 13.8 Å². The van der Waals surface area contributed by atoms with Crippen molar-refractivity contribution in [3.05, 3.63) is 22.5 Å². The number of rotatable bonds is 6. The number of H-pyrrole nitrogens is 1. The van der Waals surface area contributed by atoms with Crippen LogP contribution in [0.3, 0.4) is 0 Å². The minimum absolute atomic E-state index is 0.0578. The third kappa shape index (κ3) is 3.10. The largest absolute Gasteiger partial charge is 0.477 e. The maximum atomic E-state index is 11.9. The van der Waals surface area contributed by atoms with Gasteiger partial charge in [-0.05, 0) is 26.3 Å². The molecule has 0 aromatic carbocycles. The topological polar surface area (TPSA) is 91.4 Å². The monoisotopic (exact) mass is 254 g/mol. The van der Waals surface area contributed by atoms with E-state index in [0.29, 0.717) is 36.6 Å². The first-order valence-electron chi connectivity index (χ1n) is 5.77. The zero-order valence-corrected chi connectivity index (χ0v) is 10.8. The third-order valence-electron chi connectivity index (χ3n) is 2.61. The number of aromatic carboxylic acids is 1. The molecule has 0 radical (unpaired) electrons. The summed E-state index contributed by atoms with van der Waals surface area (Å²) in [4.78, 5) is 25.5. The Hall–Kier alpha value is -1.82. The number of hydrogen-bond donors (Lipinski definition) is 3. The molecule has 0 saturated heterocycles. The predicted octanol–water partition coefficient (Wildman–Crippen LogP) is 1.10. The lowest BCUT2D eigenvalue weighted by Crippen LogP contribution is -2.28. The van der Waals surface area contributed by atoms with E-state index in [2.05, 4.69) is 10.3 Å². The van der Waals surface area contributed by atoms with E-state index in [9.17, 15) is 9.59 Å². The Morgan fingerprint density at radius 3 is 2.56 bits per heavy atom. The summed E-state index contributed by atoms with van der Waals surface area (Å²) < 4.78 is 5.11. The number of carbonyl (C=O) groups is 2. The number of aromatic nitrogens is 1. The molecule has 1 aromatic heterocycles. The Balaban J connectivity index is 2.77. The Morgan fingerprint density at radius 2 is 2.06 bits per heavy atom. The molecule has 0 bridgehead atoms. The highest BCUT2D eigenvalue weighted by atomic mass is 16.5. The second kappa shape index (κ2) is 6.20. The zero-order chi connectivity index (χ0) is 13.7. The number of aryl methyl sites for hydroxylation is 1. The van der Waals surface area contributed by atoms with Crippen molar-refractivity contribution in [3.8, 4) is 0 Å². The van der Waals surface area contributed by atoms with E-state index in [4.69, 9.17) is 9.84 Å². The van der Waals surface area contributed by atoms with Crippen molar-refractivity contribution in [2.24, 2.45) is 0 Å². The van der Waals surface area contributed by atoms with Gasteiger partial charge in [-0.1, -0.05) is 0 Å². The third-order valence-corrected chi connectivity index (χ3v) is 2.61. The van der Waals surface area contributed by atoms with E-state index >= 15 is 0 Å². The maximum absolute atomic E-state index is 11.9. The lowest BCUT2D eigenvalue weighted by atomic mass is 10.1. The molecule has 0 fully saturated rings. The molecule has 0 spiro atoms. The average Bonchev–Trinajstić information content (AvgIpc) is 2.60. The van der Waals surface area contributed by atoms with Gasteiger partial charge in [0.1, 0.15) is 5.69 Å². The van der Waals surface area contributed by atoms with Crippen LogP contribution in [-0.4, -0.2) is 41.7 Å². The highest BCUT2D eigenvalue weighted by molar-refractivity contribution is 6.00. The molecule has 0 aliphatic carbocycles. The number of carboxylic acid groups (broad SMARTS) is 1. The molecule has 0 aliphatic rings. The van der Waals surface area contributed by atoms with E-state index < -0.39 is 5.97 Å². The fourth-order valence-electron chi connectivity index (χ4n) is 1.77. The predicted molar refractivity (Wildman–Crippen MR) is 66.1 cm³/mol. The van der Waals surface area contributed by atoms with Gasteiger partial charge in [0, 0.05) is 18.8 Å². The van der Waals surface area contributed by atoms with Gasteiger partial charge >= 0.3 is 5.97 Å². The molecule has 1 aromatic rings. The van der Waals surface area contributed by atoms with Crippen LogP contribution in [0.4, 0.5) is 0 Å². The Morgan fingerprint density at radius 1 is 1.39 bits per heavy atom. The SMILES string of the molecule is CCOCCNC(=O)c1c(C)[nH]c(C(=O)O)c1C. The highest BCUT2D eigenvalue weighted by Gasteiger charge is 2.20. The van der Waals surface area contributed by atoms with Crippen molar-refractivity contribution >= 4 is 11.9 Å². The van der Waals surface area contributed by atoms with Crippen molar-refractivity contribution in [3.63, 3.8) is 0 Å². The van der Waals surface area contributed by atoms with E-state index in [1.807, 2.05) is 6.92 Å². The van der Waals surface area contributed by atoms with Gasteiger partial charge in [0.15, 0.2) is 0 Å². The fourth-order valence-corrected chi connectivity index (χ4v) is 1.77. The second-order valence-corrected chi connectivity index (χ2v) is 3.88. The summed E-state index contributed by atoms with van der Waals surface area (Å²) in [6, 6.07) is 0. The van der Waals surface area contributed by atoms with Crippen LogP contribution in [0, 0.1) is 13.8 Å². The van der Waals surface area contributed by atoms with Crippen LogP contribution in [0.5, 0.6) is 0 Å².